The molecule has 3 aromatic rings. The Bertz CT molecular complexity index is 705. The second-order valence-corrected chi connectivity index (χ2v) is 5.52. The number of hydrogen-bond acceptors (Lipinski definition) is 2. The SMILES string of the molecule is CSc1ncc(-c2ccccc2)n1-c1ccc(Cl)cc1. The first-order chi connectivity index (χ1) is 9.79. The van der Waals surface area contributed by atoms with E-state index in [-0.39, 0.29) is 0 Å². The monoisotopic (exact) mass is 300 g/mol. The average molecular weight is 301 g/mol. The van der Waals surface area contributed by atoms with Crippen LogP contribution in [0.3, 0.4) is 0 Å². The van der Waals surface area contributed by atoms with Crippen molar-refractivity contribution in [1.82, 2.24) is 9.55 Å². The predicted octanol–water partition coefficient (Wildman–Crippen LogP) is 4.91. The highest BCUT2D eigenvalue weighted by Gasteiger charge is 2.12. The van der Waals surface area contributed by atoms with Crippen molar-refractivity contribution in [2.24, 2.45) is 0 Å². The molecule has 0 atom stereocenters. The van der Waals surface area contributed by atoms with E-state index in [2.05, 4.69) is 21.7 Å². The number of imidazole rings is 1. The Hall–Kier alpha value is -1.71. The second kappa shape index (κ2) is 5.73. The van der Waals surface area contributed by atoms with Gasteiger partial charge in [0, 0.05) is 16.3 Å². The van der Waals surface area contributed by atoms with Crippen LogP contribution in [0.1, 0.15) is 0 Å². The Kier molecular flexibility index (Phi) is 3.81. The molecule has 0 spiro atoms. The summed E-state index contributed by atoms with van der Waals surface area (Å²) in [6, 6.07) is 18.1. The maximum absolute atomic E-state index is 5.97. The number of halogens is 1. The molecule has 0 saturated heterocycles. The van der Waals surface area contributed by atoms with E-state index < -0.39 is 0 Å². The van der Waals surface area contributed by atoms with Crippen LogP contribution in [-0.2, 0) is 0 Å². The standard InChI is InChI=1S/C16H13ClN2S/c1-20-16-18-11-15(12-5-3-2-4-6-12)19(16)14-9-7-13(17)8-10-14/h2-11H,1H3. The van der Waals surface area contributed by atoms with Crippen molar-refractivity contribution in [3.63, 3.8) is 0 Å². The van der Waals surface area contributed by atoms with Crippen molar-refractivity contribution in [2.75, 3.05) is 6.26 Å². The van der Waals surface area contributed by atoms with Gasteiger partial charge in [0.05, 0.1) is 11.9 Å². The summed E-state index contributed by atoms with van der Waals surface area (Å²) in [6.07, 6.45) is 3.94. The van der Waals surface area contributed by atoms with Crippen LogP contribution in [0.5, 0.6) is 0 Å². The van der Waals surface area contributed by atoms with Crippen molar-refractivity contribution >= 4 is 23.4 Å². The third-order valence-corrected chi connectivity index (χ3v) is 3.97. The highest BCUT2D eigenvalue weighted by atomic mass is 35.5. The van der Waals surface area contributed by atoms with Gasteiger partial charge in [-0.1, -0.05) is 53.7 Å². The van der Waals surface area contributed by atoms with Crippen molar-refractivity contribution in [3.05, 3.63) is 65.8 Å². The maximum Gasteiger partial charge on any atom is 0.172 e. The van der Waals surface area contributed by atoms with Gasteiger partial charge >= 0.3 is 0 Å². The molecule has 100 valence electrons. The molecule has 0 unspecified atom stereocenters. The van der Waals surface area contributed by atoms with Gasteiger partial charge in [0.2, 0.25) is 0 Å². The van der Waals surface area contributed by atoms with Crippen LogP contribution in [-0.4, -0.2) is 15.8 Å². The van der Waals surface area contributed by atoms with E-state index in [1.54, 1.807) is 11.8 Å². The molecule has 0 amide bonds. The van der Waals surface area contributed by atoms with E-state index in [9.17, 15) is 0 Å². The molecule has 0 aliphatic rings. The summed E-state index contributed by atoms with van der Waals surface area (Å²) < 4.78 is 2.15. The normalized spacial score (nSPS) is 10.7. The van der Waals surface area contributed by atoms with Gasteiger partial charge < -0.3 is 0 Å². The average Bonchev–Trinajstić information content (AvgIpc) is 2.93. The quantitative estimate of drug-likeness (QED) is 0.639. The fraction of sp³-hybridized carbons (Fsp3) is 0.0625. The van der Waals surface area contributed by atoms with E-state index in [4.69, 9.17) is 11.6 Å². The lowest BCUT2D eigenvalue weighted by Gasteiger charge is -2.11. The summed E-state index contributed by atoms with van der Waals surface area (Å²) in [7, 11) is 0. The summed E-state index contributed by atoms with van der Waals surface area (Å²) in [4.78, 5) is 4.50. The molecular weight excluding hydrogens is 288 g/mol. The van der Waals surface area contributed by atoms with E-state index in [1.165, 1.54) is 0 Å². The summed E-state index contributed by atoms with van der Waals surface area (Å²) >= 11 is 7.60. The highest BCUT2D eigenvalue weighted by molar-refractivity contribution is 7.98. The van der Waals surface area contributed by atoms with E-state index in [0.29, 0.717) is 0 Å². The van der Waals surface area contributed by atoms with E-state index >= 15 is 0 Å². The Morgan fingerprint density at radius 2 is 1.70 bits per heavy atom. The molecule has 0 aliphatic carbocycles. The summed E-state index contributed by atoms with van der Waals surface area (Å²) in [5.74, 6) is 0. The van der Waals surface area contributed by atoms with Gasteiger partial charge in [-0.2, -0.15) is 0 Å². The molecule has 0 fully saturated rings. The third kappa shape index (κ3) is 2.47. The van der Waals surface area contributed by atoms with Gasteiger partial charge in [0.1, 0.15) is 0 Å². The first-order valence-corrected chi connectivity index (χ1v) is 7.83. The molecule has 20 heavy (non-hydrogen) atoms. The molecular formula is C16H13ClN2S. The second-order valence-electron chi connectivity index (χ2n) is 4.31. The lowest BCUT2D eigenvalue weighted by atomic mass is 10.1. The van der Waals surface area contributed by atoms with Gasteiger partial charge in [0.25, 0.3) is 0 Å². The first-order valence-electron chi connectivity index (χ1n) is 6.22. The molecule has 4 heteroatoms. The number of hydrogen-bond donors (Lipinski definition) is 0. The number of benzene rings is 2. The minimum atomic E-state index is 0.737. The molecule has 0 bridgehead atoms. The zero-order chi connectivity index (χ0) is 13.9. The van der Waals surface area contributed by atoms with Crippen LogP contribution in [0.4, 0.5) is 0 Å². The smallest absolute Gasteiger partial charge is 0.172 e. The lowest BCUT2D eigenvalue weighted by Crippen LogP contribution is -1.98. The Morgan fingerprint density at radius 1 is 1.00 bits per heavy atom. The van der Waals surface area contributed by atoms with Crippen LogP contribution >= 0.6 is 23.4 Å². The molecule has 0 saturated carbocycles. The highest BCUT2D eigenvalue weighted by Crippen LogP contribution is 2.29. The number of thioether (sulfide) groups is 1. The topological polar surface area (TPSA) is 17.8 Å². The van der Waals surface area contributed by atoms with Crippen molar-refractivity contribution in [3.8, 4) is 16.9 Å². The van der Waals surface area contributed by atoms with Gasteiger partial charge in [-0.3, -0.25) is 4.57 Å². The molecule has 0 radical (unpaired) electrons. The molecule has 0 N–H and O–H groups in total. The summed E-state index contributed by atoms with van der Waals surface area (Å²) in [5, 5.41) is 1.70. The van der Waals surface area contributed by atoms with Gasteiger partial charge in [0.15, 0.2) is 5.16 Å². The largest absolute Gasteiger partial charge is 0.287 e. The van der Waals surface area contributed by atoms with Crippen LogP contribution in [0.2, 0.25) is 5.02 Å². The maximum atomic E-state index is 5.97. The van der Waals surface area contributed by atoms with Crippen LogP contribution in [0.25, 0.3) is 16.9 Å². The molecule has 2 aromatic carbocycles. The fourth-order valence-corrected chi connectivity index (χ4v) is 2.80. The van der Waals surface area contributed by atoms with Crippen molar-refractivity contribution in [1.29, 1.82) is 0 Å². The zero-order valence-corrected chi connectivity index (χ0v) is 12.5. The van der Waals surface area contributed by atoms with Gasteiger partial charge in [-0.05, 0) is 30.5 Å². The van der Waals surface area contributed by atoms with Crippen molar-refractivity contribution < 1.29 is 0 Å². The van der Waals surface area contributed by atoms with Crippen LogP contribution in [0, 0.1) is 0 Å². The third-order valence-electron chi connectivity index (χ3n) is 3.07. The first kappa shape index (κ1) is 13.3. The summed E-state index contributed by atoms with van der Waals surface area (Å²) in [5.41, 5.74) is 3.29. The Labute approximate surface area is 127 Å². The molecule has 0 aliphatic heterocycles. The number of aromatic nitrogens is 2. The van der Waals surface area contributed by atoms with Crippen LogP contribution in [0.15, 0.2) is 66.0 Å². The predicted molar refractivity (Wildman–Crippen MR) is 85.8 cm³/mol. The molecule has 1 heterocycles. The Morgan fingerprint density at radius 3 is 2.35 bits per heavy atom. The van der Waals surface area contributed by atoms with E-state index in [0.717, 1.165) is 27.1 Å². The molecule has 2 nitrogen and oxygen atoms in total. The number of nitrogens with zero attached hydrogens (tertiary/aromatic N) is 2. The van der Waals surface area contributed by atoms with Gasteiger partial charge in [-0.25, -0.2) is 4.98 Å². The number of rotatable bonds is 3. The molecule has 1 aromatic heterocycles. The molecule has 3 rings (SSSR count). The Balaban J connectivity index is 2.18. The van der Waals surface area contributed by atoms with Crippen LogP contribution < -0.4 is 0 Å². The van der Waals surface area contributed by atoms with Gasteiger partial charge in [-0.15, -0.1) is 0 Å². The minimum Gasteiger partial charge on any atom is -0.287 e. The minimum absolute atomic E-state index is 0.737. The summed E-state index contributed by atoms with van der Waals surface area (Å²) in [6.45, 7) is 0. The fourth-order valence-electron chi connectivity index (χ4n) is 2.13. The van der Waals surface area contributed by atoms with E-state index in [1.807, 2.05) is 54.9 Å². The van der Waals surface area contributed by atoms with Crippen molar-refractivity contribution in [2.45, 2.75) is 5.16 Å². The zero-order valence-electron chi connectivity index (χ0n) is 11.0. The lowest BCUT2D eigenvalue weighted by molar-refractivity contribution is 0.903.